The zero-order valence-electron chi connectivity index (χ0n) is 14.5. The number of aryl methyl sites for hydroxylation is 1. The number of esters is 1. The van der Waals surface area contributed by atoms with Crippen LogP contribution >= 0.6 is 11.3 Å². The van der Waals surface area contributed by atoms with Crippen molar-refractivity contribution in [2.24, 2.45) is 0 Å². The van der Waals surface area contributed by atoms with Crippen LogP contribution in [0.3, 0.4) is 0 Å². The molecule has 0 unspecified atom stereocenters. The van der Waals surface area contributed by atoms with Gasteiger partial charge in [-0.05, 0) is 37.6 Å². The Labute approximate surface area is 155 Å². The van der Waals surface area contributed by atoms with E-state index in [1.165, 1.54) is 17.4 Å². The molecule has 0 aliphatic rings. The fourth-order valence-electron chi connectivity index (χ4n) is 2.53. The lowest BCUT2D eigenvalue weighted by Crippen LogP contribution is -2.06. The number of fused-ring (bicyclic) bond motifs is 1. The van der Waals surface area contributed by atoms with Crippen molar-refractivity contribution in [1.82, 2.24) is 4.98 Å². The maximum atomic E-state index is 12.2. The molecule has 5 nitrogen and oxygen atoms in total. The molecular formula is C20H18N2O3S. The van der Waals surface area contributed by atoms with Gasteiger partial charge in [0.1, 0.15) is 4.88 Å². The van der Waals surface area contributed by atoms with E-state index in [4.69, 9.17) is 4.74 Å². The number of amides is 1. The maximum absolute atomic E-state index is 12.2. The smallest absolute Gasteiger partial charge is 0.348 e. The van der Waals surface area contributed by atoms with Gasteiger partial charge in [0.25, 0.3) is 0 Å². The average Bonchev–Trinajstić information content (AvgIpc) is 3.00. The molecule has 0 aliphatic carbocycles. The van der Waals surface area contributed by atoms with Crippen LogP contribution in [-0.4, -0.2) is 23.5 Å². The number of nitrogens with one attached hydrogen (secondary N) is 1. The first kappa shape index (κ1) is 17.8. The van der Waals surface area contributed by atoms with E-state index in [1.807, 2.05) is 37.3 Å². The fourth-order valence-corrected chi connectivity index (χ4v) is 3.50. The van der Waals surface area contributed by atoms with Gasteiger partial charge in [0, 0.05) is 23.2 Å². The highest BCUT2D eigenvalue weighted by Crippen LogP contribution is 2.27. The molecule has 6 heteroatoms. The van der Waals surface area contributed by atoms with E-state index in [0.29, 0.717) is 16.5 Å². The number of hydrogen-bond acceptors (Lipinski definition) is 5. The number of benzene rings is 1. The van der Waals surface area contributed by atoms with Crippen LogP contribution in [0.5, 0.6) is 0 Å². The third-order valence-corrected chi connectivity index (χ3v) is 4.84. The number of carbonyl (C=O) groups is 2. The molecule has 0 saturated heterocycles. The van der Waals surface area contributed by atoms with Crippen molar-refractivity contribution in [3.8, 4) is 0 Å². The van der Waals surface area contributed by atoms with Crippen molar-refractivity contribution < 1.29 is 14.3 Å². The van der Waals surface area contributed by atoms with Crippen LogP contribution in [0, 0.1) is 6.92 Å². The molecule has 2 aromatic heterocycles. The SMILES string of the molecule is CCOC(=O)c1sc(NC(=O)/C=C/c2cccc3cccnc23)cc1C. The van der Waals surface area contributed by atoms with Crippen LogP contribution in [0.15, 0.2) is 48.7 Å². The zero-order chi connectivity index (χ0) is 18.5. The Morgan fingerprint density at radius 2 is 2.08 bits per heavy atom. The van der Waals surface area contributed by atoms with Crippen LogP contribution in [0.1, 0.15) is 27.7 Å². The molecule has 0 aliphatic heterocycles. The molecule has 0 spiro atoms. The molecule has 0 radical (unpaired) electrons. The van der Waals surface area contributed by atoms with E-state index in [1.54, 1.807) is 25.3 Å². The summed E-state index contributed by atoms with van der Waals surface area (Å²) in [5, 5.41) is 4.41. The Hall–Kier alpha value is -2.99. The Balaban J connectivity index is 1.74. The largest absolute Gasteiger partial charge is 0.462 e. The van der Waals surface area contributed by atoms with Gasteiger partial charge in [0.15, 0.2) is 0 Å². The number of carbonyl (C=O) groups excluding carboxylic acids is 2. The molecule has 3 aromatic rings. The summed E-state index contributed by atoms with van der Waals surface area (Å²) in [6.45, 7) is 3.89. The summed E-state index contributed by atoms with van der Waals surface area (Å²) in [6.07, 6.45) is 4.92. The highest BCUT2D eigenvalue weighted by atomic mass is 32.1. The van der Waals surface area contributed by atoms with Gasteiger partial charge in [-0.25, -0.2) is 4.79 Å². The quantitative estimate of drug-likeness (QED) is 0.536. The third-order valence-electron chi connectivity index (χ3n) is 3.70. The molecule has 2 heterocycles. The van der Waals surface area contributed by atoms with Crippen LogP contribution in [0.25, 0.3) is 17.0 Å². The number of pyridine rings is 1. The Bertz CT molecular complexity index is 986. The van der Waals surface area contributed by atoms with Crippen LogP contribution in [-0.2, 0) is 9.53 Å². The number of hydrogen-bond donors (Lipinski definition) is 1. The monoisotopic (exact) mass is 366 g/mol. The van der Waals surface area contributed by atoms with Gasteiger partial charge in [-0.2, -0.15) is 0 Å². The predicted octanol–water partition coefficient (Wildman–Crippen LogP) is 4.43. The number of thiophene rings is 1. The number of rotatable bonds is 5. The van der Waals surface area contributed by atoms with E-state index in [2.05, 4.69) is 10.3 Å². The highest BCUT2D eigenvalue weighted by Gasteiger charge is 2.15. The van der Waals surface area contributed by atoms with Crippen molar-refractivity contribution in [3.05, 3.63) is 64.7 Å². The lowest BCUT2D eigenvalue weighted by molar-refractivity contribution is -0.111. The molecule has 132 valence electrons. The van der Waals surface area contributed by atoms with Gasteiger partial charge in [-0.15, -0.1) is 11.3 Å². The molecule has 0 fully saturated rings. The summed E-state index contributed by atoms with van der Waals surface area (Å²) in [7, 11) is 0. The molecular weight excluding hydrogens is 348 g/mol. The summed E-state index contributed by atoms with van der Waals surface area (Å²) in [5.74, 6) is -0.637. The summed E-state index contributed by atoms with van der Waals surface area (Å²) < 4.78 is 5.01. The molecule has 0 saturated carbocycles. The van der Waals surface area contributed by atoms with Crippen molar-refractivity contribution in [2.45, 2.75) is 13.8 Å². The predicted molar refractivity (Wildman–Crippen MR) is 104 cm³/mol. The van der Waals surface area contributed by atoms with E-state index < -0.39 is 0 Å². The van der Waals surface area contributed by atoms with Gasteiger partial charge in [0.05, 0.1) is 17.1 Å². The fraction of sp³-hybridized carbons (Fsp3) is 0.150. The second-order valence-corrected chi connectivity index (χ2v) is 6.64. The van der Waals surface area contributed by atoms with Crippen molar-refractivity contribution >= 4 is 45.2 Å². The van der Waals surface area contributed by atoms with Gasteiger partial charge >= 0.3 is 5.97 Å². The second-order valence-electron chi connectivity index (χ2n) is 5.59. The summed E-state index contributed by atoms with van der Waals surface area (Å²) in [5.41, 5.74) is 2.49. The van der Waals surface area contributed by atoms with Gasteiger partial charge in [-0.3, -0.25) is 9.78 Å². The first-order valence-corrected chi connectivity index (χ1v) is 9.00. The molecule has 1 aromatic carbocycles. The molecule has 3 rings (SSSR count). The van der Waals surface area contributed by atoms with E-state index >= 15 is 0 Å². The minimum atomic E-state index is -0.368. The lowest BCUT2D eigenvalue weighted by Gasteiger charge is -2.01. The summed E-state index contributed by atoms with van der Waals surface area (Å²) in [6, 6.07) is 11.4. The maximum Gasteiger partial charge on any atom is 0.348 e. The Kier molecular flexibility index (Phi) is 5.43. The van der Waals surface area contributed by atoms with Crippen LogP contribution < -0.4 is 5.32 Å². The van der Waals surface area contributed by atoms with E-state index in [0.717, 1.165) is 22.0 Å². The van der Waals surface area contributed by atoms with Gasteiger partial charge in [0.2, 0.25) is 5.91 Å². The molecule has 1 N–H and O–H groups in total. The number of para-hydroxylation sites is 1. The lowest BCUT2D eigenvalue weighted by atomic mass is 10.1. The Morgan fingerprint density at radius 1 is 1.27 bits per heavy atom. The molecule has 26 heavy (non-hydrogen) atoms. The summed E-state index contributed by atoms with van der Waals surface area (Å²) in [4.78, 5) is 28.9. The average molecular weight is 366 g/mol. The normalized spacial score (nSPS) is 11.0. The first-order valence-electron chi connectivity index (χ1n) is 8.19. The van der Waals surface area contributed by atoms with E-state index in [-0.39, 0.29) is 11.9 Å². The van der Waals surface area contributed by atoms with Crippen molar-refractivity contribution in [1.29, 1.82) is 0 Å². The third kappa shape index (κ3) is 3.97. The zero-order valence-corrected chi connectivity index (χ0v) is 15.3. The minimum Gasteiger partial charge on any atom is -0.462 e. The topological polar surface area (TPSA) is 68.3 Å². The molecule has 0 bridgehead atoms. The van der Waals surface area contributed by atoms with E-state index in [9.17, 15) is 9.59 Å². The number of ether oxygens (including phenoxy) is 1. The number of aromatic nitrogens is 1. The highest BCUT2D eigenvalue weighted by molar-refractivity contribution is 7.18. The van der Waals surface area contributed by atoms with Crippen molar-refractivity contribution in [3.63, 3.8) is 0 Å². The standard InChI is InChI=1S/C20H18N2O3S/c1-3-25-20(24)19-13(2)12-17(26-19)22-16(23)10-9-15-7-4-6-14-8-5-11-21-18(14)15/h4-12H,3H2,1-2H3,(H,22,23)/b10-9+. The van der Waals surface area contributed by atoms with Gasteiger partial charge in [-0.1, -0.05) is 24.3 Å². The first-order chi connectivity index (χ1) is 12.6. The van der Waals surface area contributed by atoms with Crippen molar-refractivity contribution in [2.75, 3.05) is 11.9 Å². The van der Waals surface area contributed by atoms with Crippen LogP contribution in [0.2, 0.25) is 0 Å². The van der Waals surface area contributed by atoms with Gasteiger partial charge < -0.3 is 10.1 Å². The molecule has 1 amide bonds. The van der Waals surface area contributed by atoms with Crippen LogP contribution in [0.4, 0.5) is 5.00 Å². The Morgan fingerprint density at radius 3 is 2.88 bits per heavy atom. The molecule has 0 atom stereocenters. The minimum absolute atomic E-state index is 0.269. The number of anilines is 1. The summed E-state index contributed by atoms with van der Waals surface area (Å²) >= 11 is 1.21. The second kappa shape index (κ2) is 7.93. The number of nitrogens with zero attached hydrogens (tertiary/aromatic N) is 1.